The van der Waals surface area contributed by atoms with E-state index in [1.807, 2.05) is 6.92 Å². The zero-order valence-corrected chi connectivity index (χ0v) is 18.7. The smallest absolute Gasteiger partial charge is 0.226 e. The highest BCUT2D eigenvalue weighted by Gasteiger charge is 2.46. The number of hydrogen-bond acceptors (Lipinski definition) is 2. The minimum absolute atomic E-state index is 0.0183. The third-order valence-corrected chi connectivity index (χ3v) is 7.60. The lowest BCUT2D eigenvalue weighted by Crippen LogP contribution is -2.45. The molecule has 2 saturated carbocycles. The summed E-state index contributed by atoms with van der Waals surface area (Å²) in [6.07, 6.45) is 5.80. The summed E-state index contributed by atoms with van der Waals surface area (Å²) < 4.78 is 14.9. The monoisotopic (exact) mass is 442 g/mol. The Morgan fingerprint density at radius 1 is 1.17 bits per heavy atom. The molecule has 160 valence electrons. The van der Waals surface area contributed by atoms with Gasteiger partial charge in [0.2, 0.25) is 11.8 Å². The van der Waals surface area contributed by atoms with Gasteiger partial charge in [0.1, 0.15) is 5.82 Å². The van der Waals surface area contributed by atoms with Crippen LogP contribution in [-0.2, 0) is 9.59 Å². The number of hydrogen-bond donors (Lipinski definition) is 2. The summed E-state index contributed by atoms with van der Waals surface area (Å²) in [6, 6.07) is 2.18. The van der Waals surface area contributed by atoms with Gasteiger partial charge >= 0.3 is 0 Å². The van der Waals surface area contributed by atoms with Crippen molar-refractivity contribution in [3.8, 4) is 0 Å². The maximum atomic E-state index is 14.9. The average Bonchev–Trinajstić information content (AvgIpc) is 3.24. The molecule has 3 atom stereocenters. The lowest BCUT2D eigenvalue weighted by molar-refractivity contribution is -0.132. The van der Waals surface area contributed by atoms with E-state index in [2.05, 4.69) is 17.6 Å². The molecule has 0 saturated heterocycles. The molecule has 2 fully saturated rings. The van der Waals surface area contributed by atoms with Gasteiger partial charge in [-0.1, -0.05) is 49.9 Å². The first-order valence-corrected chi connectivity index (χ1v) is 11.0. The molecule has 0 spiro atoms. The largest absolute Gasteiger partial charge is 0.354 e. The molecule has 0 aliphatic heterocycles. The van der Waals surface area contributed by atoms with Crippen LogP contribution in [0.1, 0.15) is 77.3 Å². The maximum absolute atomic E-state index is 14.9. The second-order valence-electron chi connectivity index (χ2n) is 9.23. The van der Waals surface area contributed by atoms with Gasteiger partial charge < -0.3 is 10.6 Å². The molecule has 2 aliphatic rings. The van der Waals surface area contributed by atoms with Crippen LogP contribution in [0.4, 0.5) is 4.39 Å². The Morgan fingerprint density at radius 3 is 2.45 bits per heavy atom. The topological polar surface area (TPSA) is 58.2 Å². The molecular formula is C22H29Cl2FN2O2. The van der Waals surface area contributed by atoms with E-state index < -0.39 is 17.3 Å². The highest BCUT2D eigenvalue weighted by Crippen LogP contribution is 2.50. The van der Waals surface area contributed by atoms with Crippen LogP contribution < -0.4 is 10.6 Å². The molecule has 0 bridgehead atoms. The van der Waals surface area contributed by atoms with Crippen LogP contribution in [0.5, 0.6) is 0 Å². The Balaban J connectivity index is 1.90. The summed E-state index contributed by atoms with van der Waals surface area (Å²) in [4.78, 5) is 24.8. The van der Waals surface area contributed by atoms with Crippen LogP contribution >= 0.6 is 23.2 Å². The van der Waals surface area contributed by atoms with Crippen molar-refractivity contribution in [2.45, 2.75) is 77.8 Å². The Kier molecular flexibility index (Phi) is 6.50. The molecule has 0 heterocycles. The molecule has 1 aromatic carbocycles. The summed E-state index contributed by atoms with van der Waals surface area (Å²) >= 11 is 12.6. The van der Waals surface area contributed by atoms with Crippen LogP contribution in [-0.4, -0.2) is 17.9 Å². The molecule has 1 aromatic rings. The fourth-order valence-electron chi connectivity index (χ4n) is 5.04. The van der Waals surface area contributed by atoms with E-state index in [9.17, 15) is 14.0 Å². The van der Waals surface area contributed by atoms with Crippen molar-refractivity contribution in [1.29, 1.82) is 0 Å². The van der Waals surface area contributed by atoms with Crippen LogP contribution in [0.3, 0.4) is 0 Å². The first-order chi connectivity index (χ1) is 13.6. The maximum Gasteiger partial charge on any atom is 0.226 e. The van der Waals surface area contributed by atoms with E-state index >= 15 is 0 Å². The molecule has 2 unspecified atom stereocenters. The van der Waals surface area contributed by atoms with Crippen LogP contribution in [0.15, 0.2) is 12.1 Å². The van der Waals surface area contributed by atoms with Crippen molar-refractivity contribution >= 4 is 35.0 Å². The summed E-state index contributed by atoms with van der Waals surface area (Å²) in [6.45, 7) is 5.48. The van der Waals surface area contributed by atoms with E-state index in [-0.39, 0.29) is 38.9 Å². The van der Waals surface area contributed by atoms with Crippen molar-refractivity contribution in [2.75, 3.05) is 0 Å². The second kappa shape index (κ2) is 8.43. The second-order valence-corrected chi connectivity index (χ2v) is 10.0. The predicted molar refractivity (Wildman–Crippen MR) is 113 cm³/mol. The molecule has 2 amide bonds. The zero-order valence-electron chi connectivity index (χ0n) is 17.2. The van der Waals surface area contributed by atoms with Crippen molar-refractivity contribution in [2.24, 2.45) is 10.8 Å². The number of benzene rings is 1. The fraction of sp³-hybridized carbons (Fsp3) is 0.636. The van der Waals surface area contributed by atoms with E-state index in [1.165, 1.54) is 19.1 Å². The van der Waals surface area contributed by atoms with Gasteiger partial charge in [0, 0.05) is 23.9 Å². The molecule has 4 nitrogen and oxygen atoms in total. The van der Waals surface area contributed by atoms with Gasteiger partial charge in [-0.05, 0) is 49.7 Å². The molecule has 7 heteroatoms. The van der Waals surface area contributed by atoms with Gasteiger partial charge in [-0.15, -0.1) is 0 Å². The van der Waals surface area contributed by atoms with Gasteiger partial charge in [-0.3, -0.25) is 9.59 Å². The molecule has 0 aromatic heterocycles. The van der Waals surface area contributed by atoms with Gasteiger partial charge in [-0.25, -0.2) is 4.39 Å². The van der Waals surface area contributed by atoms with Gasteiger partial charge in [0.05, 0.1) is 16.1 Å². The third kappa shape index (κ3) is 4.56. The average molecular weight is 443 g/mol. The summed E-state index contributed by atoms with van der Waals surface area (Å²) in [7, 11) is 0. The molecular weight excluding hydrogens is 414 g/mol. The molecule has 3 rings (SSSR count). The first kappa shape index (κ1) is 22.4. The lowest BCUT2D eigenvalue weighted by atomic mass is 9.76. The van der Waals surface area contributed by atoms with Crippen molar-refractivity contribution in [3.05, 3.63) is 33.6 Å². The van der Waals surface area contributed by atoms with Crippen LogP contribution in [0.2, 0.25) is 10.0 Å². The normalized spacial score (nSPS) is 26.9. The lowest BCUT2D eigenvalue weighted by Gasteiger charge is -2.38. The number of rotatable bonds is 5. The van der Waals surface area contributed by atoms with E-state index in [0.717, 1.165) is 32.1 Å². The molecule has 2 N–H and O–H groups in total. The quantitative estimate of drug-likeness (QED) is 0.585. The zero-order chi connectivity index (χ0) is 21.4. The molecule has 2 aliphatic carbocycles. The van der Waals surface area contributed by atoms with Crippen molar-refractivity contribution in [3.63, 3.8) is 0 Å². The predicted octanol–water partition coefficient (Wildman–Crippen LogP) is 5.57. The Hall–Kier alpha value is -1.33. The van der Waals surface area contributed by atoms with E-state index in [4.69, 9.17) is 23.2 Å². The minimum Gasteiger partial charge on any atom is -0.354 e. The van der Waals surface area contributed by atoms with Crippen LogP contribution in [0, 0.1) is 16.6 Å². The number of nitrogens with one attached hydrogen (secondary N) is 2. The number of carbonyl (C=O) groups excluding carboxylic acids is 2. The summed E-state index contributed by atoms with van der Waals surface area (Å²) in [5.41, 5.74) is -0.643. The highest BCUT2D eigenvalue weighted by molar-refractivity contribution is 6.42. The first-order valence-electron chi connectivity index (χ1n) is 10.3. The standard InChI is InChI=1S/C22H29Cl2FN2O2/c1-13(28)26-14-8-11-22(3,12-14)20(29)27-19(21(2)9-4-5-10-21)17-16(25)7-6-15(23)18(17)24/h6-7,14,19H,4-5,8-12H2,1-3H3,(H,26,28)(H,27,29)/t14?,19-,22?/m1/s1. The van der Waals surface area contributed by atoms with Crippen molar-refractivity contribution < 1.29 is 14.0 Å². The minimum atomic E-state index is -0.623. The molecule has 0 radical (unpaired) electrons. The van der Waals surface area contributed by atoms with E-state index in [1.54, 1.807) is 0 Å². The fourth-order valence-corrected chi connectivity index (χ4v) is 5.46. The summed E-state index contributed by atoms with van der Waals surface area (Å²) in [5, 5.41) is 6.50. The van der Waals surface area contributed by atoms with Gasteiger partial charge in [0.25, 0.3) is 0 Å². The highest BCUT2D eigenvalue weighted by atomic mass is 35.5. The number of halogens is 3. The molecule has 29 heavy (non-hydrogen) atoms. The Morgan fingerprint density at radius 2 is 1.83 bits per heavy atom. The Bertz CT molecular complexity index is 810. The van der Waals surface area contributed by atoms with Crippen molar-refractivity contribution in [1.82, 2.24) is 10.6 Å². The summed E-state index contributed by atoms with van der Waals surface area (Å²) in [5.74, 6) is -0.673. The number of amides is 2. The third-order valence-electron chi connectivity index (χ3n) is 6.78. The van der Waals surface area contributed by atoms with E-state index in [0.29, 0.717) is 12.8 Å². The SMILES string of the molecule is CC(=O)NC1CCC(C)(C(=O)N[C@H](c2c(F)ccc(Cl)c2Cl)C2(C)CCCC2)C1. The van der Waals surface area contributed by atoms with Crippen LogP contribution in [0.25, 0.3) is 0 Å². The van der Waals surface area contributed by atoms with Gasteiger partial charge in [-0.2, -0.15) is 0 Å². The Labute approximate surface area is 181 Å². The number of carbonyl (C=O) groups is 2. The van der Waals surface area contributed by atoms with Gasteiger partial charge in [0.15, 0.2) is 0 Å².